The predicted molar refractivity (Wildman–Crippen MR) is 182 cm³/mol. The Balaban J connectivity index is 1.37. The summed E-state index contributed by atoms with van der Waals surface area (Å²) in [5.74, 6) is 0.167. The highest BCUT2D eigenvalue weighted by Crippen LogP contribution is 2.52. The van der Waals surface area contributed by atoms with Crippen molar-refractivity contribution >= 4 is 27.8 Å². The maximum absolute atomic E-state index is 14.5. The highest BCUT2D eigenvalue weighted by molar-refractivity contribution is 7.92. The van der Waals surface area contributed by atoms with Gasteiger partial charge in [-0.05, 0) is 86.6 Å². The molecule has 4 bridgehead atoms. The third-order valence-electron chi connectivity index (χ3n) is 10.0. The third-order valence-corrected chi connectivity index (χ3v) is 11.4. The van der Waals surface area contributed by atoms with E-state index in [1.807, 2.05) is 41.8 Å². The number of hydrogen-bond acceptors (Lipinski definition) is 8. The van der Waals surface area contributed by atoms with Gasteiger partial charge in [-0.15, -0.1) is 0 Å². The van der Waals surface area contributed by atoms with Crippen LogP contribution in [0, 0.1) is 25.2 Å². The second kappa shape index (κ2) is 13.5. The van der Waals surface area contributed by atoms with Crippen molar-refractivity contribution in [2.75, 3.05) is 38.1 Å². The molecule has 12 heteroatoms. The highest BCUT2D eigenvalue weighted by Gasteiger charge is 2.51. The zero-order valence-corrected chi connectivity index (χ0v) is 29.2. The number of carbonyl (C=O) groups excluding carboxylic acids is 2. The van der Waals surface area contributed by atoms with Gasteiger partial charge in [0.1, 0.15) is 13.2 Å². The van der Waals surface area contributed by atoms with Crippen molar-refractivity contribution in [1.29, 1.82) is 0 Å². The number of rotatable bonds is 6. The fraction of sp³-hybridized carbons (Fsp3) is 0.500. The van der Waals surface area contributed by atoms with Crippen molar-refractivity contribution in [3.05, 3.63) is 65.2 Å². The molecule has 2 fully saturated rings. The van der Waals surface area contributed by atoms with Crippen molar-refractivity contribution in [3.8, 4) is 17.1 Å². The van der Waals surface area contributed by atoms with Crippen LogP contribution in [0.15, 0.2) is 53.4 Å². The van der Waals surface area contributed by atoms with Crippen LogP contribution in [0.25, 0.3) is 11.3 Å². The molecule has 1 aliphatic carbocycles. The first-order chi connectivity index (χ1) is 22.9. The summed E-state index contributed by atoms with van der Waals surface area (Å²) >= 11 is 0. The molecule has 11 nitrogen and oxygen atoms in total. The number of likely N-dealkylation sites (tertiary alicyclic amines) is 1. The molecule has 3 aromatic rings. The van der Waals surface area contributed by atoms with Crippen molar-refractivity contribution in [3.63, 3.8) is 0 Å². The van der Waals surface area contributed by atoms with Gasteiger partial charge in [-0.2, -0.15) is 4.98 Å². The molecule has 2 amide bonds. The summed E-state index contributed by atoms with van der Waals surface area (Å²) in [5.41, 5.74) is 3.75. The summed E-state index contributed by atoms with van der Waals surface area (Å²) in [5, 5.41) is 0. The van der Waals surface area contributed by atoms with Gasteiger partial charge in [0.05, 0.1) is 16.6 Å². The first-order valence-corrected chi connectivity index (χ1v) is 18.2. The molecule has 0 unspecified atom stereocenters. The lowest BCUT2D eigenvalue weighted by Gasteiger charge is -2.56. The van der Waals surface area contributed by atoms with E-state index < -0.39 is 10.0 Å². The van der Waals surface area contributed by atoms with E-state index in [2.05, 4.69) is 28.5 Å². The van der Waals surface area contributed by atoms with E-state index in [1.165, 1.54) is 19.2 Å². The standard InChI is InChI=1S/C36H45N5O6S/c1-23(2)16-27-21-47-31-18-30(33-24(3)8-6-9-25(33)4)37-35(38-31)39-48(44,45)29-11-7-10-26(17-29)34(43)41(27)28-19-36(20-28)12-14-40(15-13-36)32(42)22-46-5/h6-11,17-18,23,27-28H,12-16,19-22H2,1-5H3,(H,37,38,39)/t27-/m1/s1. The average Bonchev–Trinajstić information content (AvgIpc) is 3.02. The van der Waals surface area contributed by atoms with E-state index in [1.54, 1.807) is 18.2 Å². The third kappa shape index (κ3) is 6.91. The Morgan fingerprint density at radius 3 is 2.42 bits per heavy atom. The minimum atomic E-state index is -4.14. The van der Waals surface area contributed by atoms with Crippen molar-refractivity contribution in [2.45, 2.75) is 76.8 Å². The van der Waals surface area contributed by atoms with Gasteiger partial charge in [0, 0.05) is 43.4 Å². The Labute approximate surface area is 283 Å². The molecule has 1 aromatic heterocycles. The van der Waals surface area contributed by atoms with Crippen LogP contribution < -0.4 is 9.46 Å². The van der Waals surface area contributed by atoms with Gasteiger partial charge in [0.15, 0.2) is 0 Å². The number of carbonyl (C=O) groups is 2. The summed E-state index contributed by atoms with van der Waals surface area (Å²) in [6, 6.07) is 13.5. The number of aromatic nitrogens is 2. The molecule has 1 N–H and O–H groups in total. The normalized spacial score (nSPS) is 20.6. The summed E-state index contributed by atoms with van der Waals surface area (Å²) in [6.45, 7) is 9.83. The molecule has 256 valence electrons. The maximum Gasteiger partial charge on any atom is 0.264 e. The quantitative estimate of drug-likeness (QED) is 0.376. The van der Waals surface area contributed by atoms with Crippen LogP contribution in [0.2, 0.25) is 0 Å². The Morgan fingerprint density at radius 1 is 1.06 bits per heavy atom. The second-order valence-electron chi connectivity index (χ2n) is 14.0. The van der Waals surface area contributed by atoms with E-state index in [-0.39, 0.29) is 65.2 Å². The Morgan fingerprint density at radius 2 is 1.75 bits per heavy atom. The Kier molecular flexibility index (Phi) is 9.50. The molecular weight excluding hydrogens is 630 g/mol. The summed E-state index contributed by atoms with van der Waals surface area (Å²) < 4.78 is 41.4. The van der Waals surface area contributed by atoms with Crippen molar-refractivity contribution in [2.24, 2.45) is 11.3 Å². The zero-order valence-electron chi connectivity index (χ0n) is 28.4. The number of ether oxygens (including phenoxy) is 2. The Hall–Kier alpha value is -4.03. The van der Waals surface area contributed by atoms with Crippen LogP contribution in [0.5, 0.6) is 5.88 Å². The molecule has 1 saturated carbocycles. The predicted octanol–water partition coefficient (Wildman–Crippen LogP) is 5.23. The molecule has 2 aliphatic heterocycles. The van der Waals surface area contributed by atoms with Gasteiger partial charge in [-0.3, -0.25) is 9.59 Å². The number of nitrogens with zero attached hydrogens (tertiary/aromatic N) is 4. The van der Waals surface area contributed by atoms with E-state index in [0.717, 1.165) is 42.4 Å². The number of fused-ring (bicyclic) bond motifs is 4. The van der Waals surface area contributed by atoms with Gasteiger partial charge in [-0.1, -0.05) is 38.1 Å². The summed E-state index contributed by atoms with van der Waals surface area (Å²) in [7, 11) is -2.61. The molecule has 1 spiro atoms. The SMILES string of the molecule is COCC(=O)N1CCC2(CC1)CC(N1C(=O)c3cccc(c3)S(=O)(=O)Nc3nc(cc(-c4c(C)cccc4C)n3)OC[C@H]1CC(C)C)C2. The molecule has 3 aliphatic rings. The lowest BCUT2D eigenvalue weighted by Crippen LogP contribution is -2.60. The van der Waals surface area contributed by atoms with Gasteiger partial charge in [-0.25, -0.2) is 18.1 Å². The minimum absolute atomic E-state index is 0.00415. The van der Waals surface area contributed by atoms with Crippen LogP contribution in [-0.4, -0.2) is 85.5 Å². The zero-order chi connectivity index (χ0) is 34.2. The molecule has 3 heterocycles. The number of sulfonamides is 1. The fourth-order valence-corrected chi connectivity index (χ4v) is 8.61. The fourth-order valence-electron chi connectivity index (χ4n) is 7.62. The molecule has 2 aromatic carbocycles. The largest absolute Gasteiger partial charge is 0.475 e. The number of amides is 2. The number of aryl methyl sites for hydroxylation is 2. The van der Waals surface area contributed by atoms with Crippen LogP contribution in [0.3, 0.4) is 0 Å². The van der Waals surface area contributed by atoms with E-state index >= 15 is 0 Å². The average molecular weight is 676 g/mol. The van der Waals surface area contributed by atoms with Gasteiger partial charge < -0.3 is 19.3 Å². The first-order valence-electron chi connectivity index (χ1n) is 16.7. The topological polar surface area (TPSA) is 131 Å². The number of methoxy groups -OCH3 is 1. The second-order valence-corrected chi connectivity index (χ2v) is 15.7. The monoisotopic (exact) mass is 675 g/mol. The number of benzene rings is 2. The maximum atomic E-state index is 14.5. The molecule has 0 radical (unpaired) electrons. The van der Waals surface area contributed by atoms with Crippen LogP contribution >= 0.6 is 0 Å². The smallest absolute Gasteiger partial charge is 0.264 e. The molecule has 1 saturated heterocycles. The van der Waals surface area contributed by atoms with E-state index in [0.29, 0.717) is 30.8 Å². The minimum Gasteiger partial charge on any atom is -0.475 e. The van der Waals surface area contributed by atoms with Crippen molar-refractivity contribution < 1.29 is 27.5 Å². The van der Waals surface area contributed by atoms with Gasteiger partial charge in [0.2, 0.25) is 17.7 Å². The summed E-state index contributed by atoms with van der Waals surface area (Å²) in [6.07, 6.45) is 4.06. The van der Waals surface area contributed by atoms with E-state index in [9.17, 15) is 18.0 Å². The molecule has 6 rings (SSSR count). The van der Waals surface area contributed by atoms with Crippen LogP contribution in [0.4, 0.5) is 5.95 Å². The van der Waals surface area contributed by atoms with Crippen molar-refractivity contribution in [1.82, 2.24) is 19.8 Å². The van der Waals surface area contributed by atoms with Gasteiger partial charge >= 0.3 is 0 Å². The van der Waals surface area contributed by atoms with E-state index in [4.69, 9.17) is 9.47 Å². The first kappa shape index (κ1) is 33.9. The van der Waals surface area contributed by atoms with Crippen LogP contribution in [0.1, 0.15) is 67.4 Å². The number of anilines is 1. The number of hydrogen-bond donors (Lipinski definition) is 1. The highest BCUT2D eigenvalue weighted by atomic mass is 32.2. The number of piperidine rings is 1. The Bertz CT molecular complexity index is 1780. The molecule has 1 atom stereocenters. The number of nitrogens with one attached hydrogen (secondary N) is 1. The van der Waals surface area contributed by atoms with Gasteiger partial charge in [0.25, 0.3) is 15.9 Å². The lowest BCUT2D eigenvalue weighted by atomic mass is 9.59. The van der Waals surface area contributed by atoms with Crippen LogP contribution in [-0.2, 0) is 19.6 Å². The lowest BCUT2D eigenvalue weighted by molar-refractivity contribution is -0.139. The molecule has 48 heavy (non-hydrogen) atoms. The molecular formula is C36H45N5O6S. The summed E-state index contributed by atoms with van der Waals surface area (Å²) in [4.78, 5) is 39.8.